The average Bonchev–Trinajstić information content (AvgIpc) is 3.60. The summed E-state index contributed by atoms with van der Waals surface area (Å²) in [5, 5.41) is 18.6. The molecule has 0 aliphatic carbocycles. The van der Waals surface area contributed by atoms with Gasteiger partial charge in [0.25, 0.3) is 0 Å². The molecule has 0 bridgehead atoms. The maximum Gasteiger partial charge on any atom is 0.326 e. The Hall–Kier alpha value is -4.23. The average molecular weight is 569 g/mol. The minimum atomic E-state index is -1.24. The molecule has 3 aromatic rings. The van der Waals surface area contributed by atoms with E-state index in [9.17, 15) is 24.3 Å². The van der Waals surface area contributed by atoms with Crippen LogP contribution in [0.5, 0.6) is 0 Å². The van der Waals surface area contributed by atoms with Crippen LogP contribution in [0.1, 0.15) is 44.4 Å². The van der Waals surface area contributed by atoms with Crippen molar-refractivity contribution in [3.8, 4) is 0 Å². The van der Waals surface area contributed by atoms with E-state index in [0.717, 1.165) is 22.9 Å². The van der Waals surface area contributed by atoms with Crippen LogP contribution in [0, 0.1) is 5.92 Å². The van der Waals surface area contributed by atoms with E-state index in [-0.39, 0.29) is 18.8 Å². The summed E-state index contributed by atoms with van der Waals surface area (Å²) < 4.78 is 0. The second-order valence-electron chi connectivity index (χ2n) is 10.4. The number of fused-ring (bicyclic) bond motifs is 1. The topological polar surface area (TPSA) is 221 Å². The fourth-order valence-corrected chi connectivity index (χ4v) is 4.51. The number of carbonyl (C=O) groups excluding carboxylic acids is 3. The molecule has 2 aromatic heterocycles. The molecule has 41 heavy (non-hydrogen) atoms. The van der Waals surface area contributed by atoms with E-state index in [2.05, 4.69) is 30.9 Å². The molecule has 3 amide bonds. The van der Waals surface area contributed by atoms with Gasteiger partial charge in [0.2, 0.25) is 17.7 Å². The van der Waals surface area contributed by atoms with Crippen LogP contribution in [0.25, 0.3) is 10.9 Å². The molecule has 2 heterocycles. The molecule has 0 fully saturated rings. The van der Waals surface area contributed by atoms with Crippen LogP contribution in [0.3, 0.4) is 0 Å². The first-order valence-corrected chi connectivity index (χ1v) is 13.7. The maximum absolute atomic E-state index is 13.6. The van der Waals surface area contributed by atoms with Gasteiger partial charge in [-0.05, 0) is 36.9 Å². The molecule has 222 valence electrons. The van der Waals surface area contributed by atoms with Crippen LogP contribution < -0.4 is 27.4 Å². The van der Waals surface area contributed by atoms with Crippen molar-refractivity contribution in [2.24, 2.45) is 17.4 Å². The summed E-state index contributed by atoms with van der Waals surface area (Å²) in [5.74, 6) is -3.35. The normalized spacial score (nSPS) is 14.3. The Bertz CT molecular complexity index is 1310. The lowest BCUT2D eigenvalue weighted by molar-refractivity contribution is -0.142. The number of aromatic nitrogens is 3. The second kappa shape index (κ2) is 15.0. The molecule has 4 atom stereocenters. The van der Waals surface area contributed by atoms with Crippen molar-refractivity contribution < 1.29 is 24.3 Å². The Morgan fingerprint density at radius 3 is 2.34 bits per heavy atom. The van der Waals surface area contributed by atoms with Crippen molar-refractivity contribution in [3.05, 3.63) is 54.2 Å². The Labute approximate surface area is 238 Å². The highest BCUT2D eigenvalue weighted by Gasteiger charge is 2.32. The molecule has 0 radical (unpaired) electrons. The van der Waals surface area contributed by atoms with Crippen LogP contribution in [0.2, 0.25) is 0 Å². The van der Waals surface area contributed by atoms with Gasteiger partial charge in [-0.2, -0.15) is 0 Å². The van der Waals surface area contributed by atoms with Crippen molar-refractivity contribution in [3.63, 3.8) is 0 Å². The number of aromatic amines is 2. The second-order valence-corrected chi connectivity index (χ2v) is 10.4. The molecule has 13 heteroatoms. The van der Waals surface area contributed by atoms with Gasteiger partial charge in [-0.3, -0.25) is 14.4 Å². The number of nitrogens with zero attached hydrogens (tertiary/aromatic N) is 1. The number of nitrogens with two attached hydrogens (primary N) is 2. The van der Waals surface area contributed by atoms with E-state index in [1.54, 1.807) is 20.0 Å². The smallest absolute Gasteiger partial charge is 0.326 e. The molecule has 13 nitrogen and oxygen atoms in total. The Morgan fingerprint density at radius 1 is 0.951 bits per heavy atom. The minimum Gasteiger partial charge on any atom is -0.480 e. The maximum atomic E-state index is 13.6. The zero-order chi connectivity index (χ0) is 29.9. The number of imidazole rings is 1. The van der Waals surface area contributed by atoms with E-state index in [0.29, 0.717) is 25.1 Å². The number of amides is 3. The molecule has 0 aliphatic rings. The molecule has 4 unspecified atom stereocenters. The first kappa shape index (κ1) is 31.3. The number of rotatable bonds is 16. The summed E-state index contributed by atoms with van der Waals surface area (Å²) in [6.07, 6.45) is 6.60. The van der Waals surface area contributed by atoms with E-state index < -0.39 is 47.9 Å². The van der Waals surface area contributed by atoms with Crippen molar-refractivity contribution in [2.45, 2.75) is 70.1 Å². The van der Waals surface area contributed by atoms with Gasteiger partial charge in [0, 0.05) is 41.8 Å². The molecule has 0 aliphatic heterocycles. The quantitative estimate of drug-likeness (QED) is 0.112. The molecular formula is C28H40N8O5. The van der Waals surface area contributed by atoms with Gasteiger partial charge in [-0.15, -0.1) is 0 Å². The van der Waals surface area contributed by atoms with Crippen LogP contribution in [-0.2, 0) is 32.0 Å². The lowest BCUT2D eigenvalue weighted by atomic mass is 9.99. The Balaban J connectivity index is 1.78. The molecule has 0 saturated heterocycles. The highest BCUT2D eigenvalue weighted by molar-refractivity contribution is 5.95. The number of unbranched alkanes of at least 4 members (excludes halogenated alkanes) is 1. The highest BCUT2D eigenvalue weighted by Crippen LogP contribution is 2.19. The number of aliphatic carboxylic acids is 1. The third-order valence-electron chi connectivity index (χ3n) is 6.88. The van der Waals surface area contributed by atoms with Crippen LogP contribution in [0.15, 0.2) is 43.0 Å². The number of carboxylic acids is 1. The monoisotopic (exact) mass is 568 g/mol. The van der Waals surface area contributed by atoms with E-state index in [1.807, 2.05) is 24.3 Å². The first-order chi connectivity index (χ1) is 19.6. The zero-order valence-corrected chi connectivity index (χ0v) is 23.4. The van der Waals surface area contributed by atoms with Gasteiger partial charge in [0.15, 0.2) is 0 Å². The SMILES string of the molecule is CC(C)C(NC(=O)C(Cc1c[nH]c2ccccc12)NC(=O)C(N)CCCCN)C(=O)NC(Cc1cnc[nH]1)C(=O)O. The summed E-state index contributed by atoms with van der Waals surface area (Å²) in [7, 11) is 0. The molecule has 10 N–H and O–H groups in total. The van der Waals surface area contributed by atoms with Gasteiger partial charge in [-0.25, -0.2) is 9.78 Å². The third kappa shape index (κ3) is 8.88. The van der Waals surface area contributed by atoms with Gasteiger partial charge >= 0.3 is 5.97 Å². The van der Waals surface area contributed by atoms with Crippen LogP contribution in [0.4, 0.5) is 0 Å². The van der Waals surface area contributed by atoms with E-state index >= 15 is 0 Å². The predicted octanol–water partition coefficient (Wildman–Crippen LogP) is 0.328. The fourth-order valence-electron chi connectivity index (χ4n) is 4.51. The number of nitrogens with one attached hydrogen (secondary N) is 5. The number of carboxylic acid groups (broad SMARTS) is 1. The van der Waals surface area contributed by atoms with Crippen molar-refractivity contribution in [2.75, 3.05) is 6.54 Å². The highest BCUT2D eigenvalue weighted by atomic mass is 16.4. The Morgan fingerprint density at radius 2 is 1.68 bits per heavy atom. The van der Waals surface area contributed by atoms with Gasteiger partial charge < -0.3 is 42.5 Å². The Kier molecular flexibility index (Phi) is 11.4. The molecule has 0 spiro atoms. The van der Waals surface area contributed by atoms with Crippen LogP contribution in [-0.4, -0.2) is 74.5 Å². The number of H-pyrrole nitrogens is 2. The molecule has 3 rings (SSSR count). The summed E-state index contributed by atoms with van der Waals surface area (Å²) in [6.45, 7) is 3.95. The summed E-state index contributed by atoms with van der Waals surface area (Å²) in [6, 6.07) is 3.40. The van der Waals surface area contributed by atoms with Crippen LogP contribution >= 0.6 is 0 Å². The lowest BCUT2D eigenvalue weighted by Gasteiger charge is -2.27. The standard InChI is InChI=1S/C28H40N8O5/c1-16(2)24(27(39)35-23(28(40)41)12-18-14-31-15-33-18)36-26(38)22(34-25(37)20(30)8-5-6-10-29)11-17-13-32-21-9-4-3-7-19(17)21/h3-4,7,9,13-16,20,22-24,32H,5-6,8,10-12,29-30H2,1-2H3,(H,31,33)(H,34,37)(H,35,39)(H,36,38)(H,40,41). The van der Waals surface area contributed by atoms with Crippen molar-refractivity contribution in [1.29, 1.82) is 0 Å². The van der Waals surface area contributed by atoms with Crippen molar-refractivity contribution >= 4 is 34.6 Å². The molecule has 1 aromatic carbocycles. The lowest BCUT2D eigenvalue weighted by Crippen LogP contribution is -2.59. The molecule has 0 saturated carbocycles. The number of para-hydroxylation sites is 1. The number of hydrogen-bond donors (Lipinski definition) is 8. The minimum absolute atomic E-state index is 0.0128. The fraction of sp³-hybridized carbons (Fsp3) is 0.464. The summed E-state index contributed by atoms with van der Waals surface area (Å²) >= 11 is 0. The number of carbonyl (C=O) groups is 4. The number of hydrogen-bond acceptors (Lipinski definition) is 7. The number of benzene rings is 1. The van der Waals surface area contributed by atoms with Gasteiger partial charge in [0.05, 0.1) is 12.4 Å². The summed E-state index contributed by atoms with van der Waals surface area (Å²) in [5.41, 5.74) is 13.8. The van der Waals surface area contributed by atoms with Gasteiger partial charge in [0.1, 0.15) is 18.1 Å². The van der Waals surface area contributed by atoms with Crippen molar-refractivity contribution in [1.82, 2.24) is 30.9 Å². The predicted molar refractivity (Wildman–Crippen MR) is 153 cm³/mol. The third-order valence-corrected chi connectivity index (χ3v) is 6.88. The van der Waals surface area contributed by atoms with Gasteiger partial charge in [-0.1, -0.05) is 38.5 Å². The first-order valence-electron chi connectivity index (χ1n) is 13.7. The molecular weight excluding hydrogens is 528 g/mol. The largest absolute Gasteiger partial charge is 0.480 e. The van der Waals surface area contributed by atoms with E-state index in [1.165, 1.54) is 12.5 Å². The summed E-state index contributed by atoms with van der Waals surface area (Å²) in [4.78, 5) is 61.5. The zero-order valence-electron chi connectivity index (χ0n) is 23.4. The van der Waals surface area contributed by atoms with E-state index in [4.69, 9.17) is 11.5 Å².